The minimum absolute atomic E-state index is 0.0168. The Hall–Kier alpha value is -2.42. The number of anilines is 1. The van der Waals surface area contributed by atoms with E-state index in [2.05, 4.69) is 41.2 Å². The van der Waals surface area contributed by atoms with E-state index in [1.54, 1.807) is 0 Å². The van der Waals surface area contributed by atoms with Crippen molar-refractivity contribution in [2.45, 2.75) is 69.8 Å². The predicted octanol–water partition coefficient (Wildman–Crippen LogP) is 4.56. The Morgan fingerprint density at radius 2 is 1.97 bits per heavy atom. The van der Waals surface area contributed by atoms with Gasteiger partial charge in [0.15, 0.2) is 0 Å². The Morgan fingerprint density at radius 3 is 2.67 bits per heavy atom. The van der Waals surface area contributed by atoms with E-state index in [0.717, 1.165) is 44.2 Å². The number of nitrogens with zero attached hydrogens (tertiary/aromatic N) is 4. The molecule has 180 valence electrons. The number of benzene rings is 1. The first-order valence-electron chi connectivity index (χ1n) is 11.7. The molecule has 2 heterocycles. The van der Waals surface area contributed by atoms with Crippen LogP contribution in [-0.2, 0) is 11.0 Å². The first kappa shape index (κ1) is 23.7. The fourth-order valence-corrected chi connectivity index (χ4v) is 5.46. The van der Waals surface area contributed by atoms with Gasteiger partial charge in [0.1, 0.15) is 18.2 Å². The molecule has 1 aromatic heterocycles. The van der Waals surface area contributed by atoms with E-state index in [4.69, 9.17) is 0 Å². The lowest BCUT2D eigenvalue weighted by Gasteiger charge is -2.43. The van der Waals surface area contributed by atoms with E-state index in [9.17, 15) is 18.0 Å². The first-order chi connectivity index (χ1) is 15.7. The number of rotatable bonds is 6. The average molecular weight is 464 g/mol. The van der Waals surface area contributed by atoms with Crippen LogP contribution in [0.3, 0.4) is 0 Å². The van der Waals surface area contributed by atoms with E-state index in [1.165, 1.54) is 12.4 Å². The minimum atomic E-state index is -4.46. The van der Waals surface area contributed by atoms with Crippen LogP contribution < -0.4 is 5.32 Å². The summed E-state index contributed by atoms with van der Waals surface area (Å²) in [5.41, 5.74) is -0.347. The number of carbonyl (C=O) groups excluding carboxylic acids is 1. The molecular formula is C24H32F3N5O. The molecule has 0 spiro atoms. The van der Waals surface area contributed by atoms with Gasteiger partial charge in [0, 0.05) is 24.0 Å². The SMILES string of the molecule is CCC[C@@H]1CC(N(C)C)CC[C@@H]1N1CC[C@H](Nc2ncnc3ccc(C(F)(F)F)cc23)C1=O. The van der Waals surface area contributed by atoms with Crippen LogP contribution >= 0.6 is 0 Å². The van der Waals surface area contributed by atoms with E-state index in [-0.39, 0.29) is 23.2 Å². The topological polar surface area (TPSA) is 61.4 Å². The van der Waals surface area contributed by atoms with Crippen molar-refractivity contribution in [3.8, 4) is 0 Å². The molecule has 6 nitrogen and oxygen atoms in total. The van der Waals surface area contributed by atoms with Gasteiger partial charge in [-0.15, -0.1) is 0 Å². The molecule has 0 bridgehead atoms. The molecule has 1 saturated heterocycles. The highest BCUT2D eigenvalue weighted by atomic mass is 19.4. The van der Waals surface area contributed by atoms with Gasteiger partial charge in [-0.25, -0.2) is 9.97 Å². The van der Waals surface area contributed by atoms with Gasteiger partial charge < -0.3 is 15.1 Å². The molecule has 33 heavy (non-hydrogen) atoms. The third-order valence-electron chi connectivity index (χ3n) is 7.22. The molecule has 2 fully saturated rings. The average Bonchev–Trinajstić information content (AvgIpc) is 3.13. The first-order valence-corrected chi connectivity index (χ1v) is 11.7. The van der Waals surface area contributed by atoms with Gasteiger partial charge in [-0.3, -0.25) is 4.79 Å². The highest BCUT2D eigenvalue weighted by molar-refractivity contribution is 5.93. The second-order valence-corrected chi connectivity index (χ2v) is 9.52. The Labute approximate surface area is 192 Å². The third kappa shape index (κ3) is 4.93. The van der Waals surface area contributed by atoms with E-state index >= 15 is 0 Å². The molecule has 2 aliphatic rings. The number of aromatic nitrogens is 2. The standard InChI is InChI=1S/C24H32F3N5O/c1-4-5-15-12-17(31(2)3)7-9-21(15)32-11-10-20(23(32)33)30-22-18-13-16(24(25,26)27)6-8-19(18)28-14-29-22/h6,8,13-15,17,20-21H,4-5,7,9-12H2,1-3H3,(H,28,29,30)/t15-,17?,20+,21+/m1/s1. The molecule has 1 saturated carbocycles. The van der Waals surface area contributed by atoms with Crippen molar-refractivity contribution < 1.29 is 18.0 Å². The molecule has 9 heteroatoms. The van der Waals surface area contributed by atoms with Gasteiger partial charge in [-0.2, -0.15) is 13.2 Å². The number of alkyl halides is 3. The van der Waals surface area contributed by atoms with Crippen LogP contribution in [0.1, 0.15) is 51.0 Å². The summed E-state index contributed by atoms with van der Waals surface area (Å²) in [6.07, 6.45) is 2.77. The van der Waals surface area contributed by atoms with Crippen LogP contribution in [0.2, 0.25) is 0 Å². The fourth-order valence-electron chi connectivity index (χ4n) is 5.46. The summed E-state index contributed by atoms with van der Waals surface area (Å²) >= 11 is 0. The lowest BCUT2D eigenvalue weighted by atomic mass is 9.78. The van der Waals surface area contributed by atoms with E-state index in [1.807, 2.05) is 4.90 Å². The van der Waals surface area contributed by atoms with Crippen LogP contribution in [0.4, 0.5) is 19.0 Å². The zero-order valence-corrected chi connectivity index (χ0v) is 19.4. The number of hydrogen-bond acceptors (Lipinski definition) is 5. The minimum Gasteiger partial charge on any atom is -0.358 e. The number of fused-ring (bicyclic) bond motifs is 1. The molecule has 1 unspecified atom stereocenters. The Balaban J connectivity index is 1.52. The molecule has 2 aromatic rings. The summed E-state index contributed by atoms with van der Waals surface area (Å²) in [6.45, 7) is 2.84. The summed E-state index contributed by atoms with van der Waals surface area (Å²) in [5.74, 6) is 0.754. The van der Waals surface area contributed by atoms with Crippen molar-refractivity contribution in [2.75, 3.05) is 26.0 Å². The molecule has 4 rings (SSSR count). The lowest BCUT2D eigenvalue weighted by molar-refractivity contribution is -0.137. The summed E-state index contributed by atoms with van der Waals surface area (Å²) < 4.78 is 39.7. The van der Waals surface area contributed by atoms with Gasteiger partial charge in [0.25, 0.3) is 0 Å². The molecule has 1 N–H and O–H groups in total. The van der Waals surface area contributed by atoms with Crippen LogP contribution in [0.5, 0.6) is 0 Å². The number of nitrogens with one attached hydrogen (secondary N) is 1. The quantitative estimate of drug-likeness (QED) is 0.681. The maximum absolute atomic E-state index is 13.4. The second-order valence-electron chi connectivity index (χ2n) is 9.52. The molecule has 1 aliphatic carbocycles. The van der Waals surface area contributed by atoms with Gasteiger partial charge in [0.05, 0.1) is 11.1 Å². The maximum Gasteiger partial charge on any atom is 0.416 e. The number of hydrogen-bond donors (Lipinski definition) is 1. The van der Waals surface area contributed by atoms with E-state index < -0.39 is 17.8 Å². The van der Waals surface area contributed by atoms with Crippen molar-refractivity contribution in [1.82, 2.24) is 19.8 Å². The molecule has 4 atom stereocenters. The molecular weight excluding hydrogens is 431 g/mol. The normalized spacial score (nSPS) is 26.4. The van der Waals surface area contributed by atoms with Crippen molar-refractivity contribution in [3.63, 3.8) is 0 Å². The number of amides is 1. The molecule has 1 aromatic carbocycles. The van der Waals surface area contributed by atoms with Gasteiger partial charge in [0.2, 0.25) is 5.91 Å². The van der Waals surface area contributed by atoms with Gasteiger partial charge in [-0.05, 0) is 70.3 Å². The fraction of sp³-hybridized carbons (Fsp3) is 0.625. The predicted molar refractivity (Wildman–Crippen MR) is 122 cm³/mol. The zero-order valence-electron chi connectivity index (χ0n) is 19.4. The highest BCUT2D eigenvalue weighted by Crippen LogP contribution is 2.37. The summed E-state index contributed by atoms with van der Waals surface area (Å²) in [5, 5.41) is 3.41. The molecule has 1 amide bonds. The molecule has 1 aliphatic heterocycles. The smallest absolute Gasteiger partial charge is 0.358 e. The largest absolute Gasteiger partial charge is 0.416 e. The number of halogens is 3. The highest BCUT2D eigenvalue weighted by Gasteiger charge is 2.42. The maximum atomic E-state index is 13.4. The number of likely N-dealkylation sites (tertiary alicyclic amines) is 1. The van der Waals surface area contributed by atoms with Crippen molar-refractivity contribution in [3.05, 3.63) is 30.1 Å². The van der Waals surface area contributed by atoms with E-state index in [0.29, 0.717) is 30.4 Å². The number of carbonyl (C=O) groups is 1. The van der Waals surface area contributed by atoms with Gasteiger partial charge >= 0.3 is 6.18 Å². The summed E-state index contributed by atoms with van der Waals surface area (Å²) in [4.78, 5) is 25.9. The summed E-state index contributed by atoms with van der Waals surface area (Å²) in [6, 6.07) is 3.67. The monoisotopic (exact) mass is 463 g/mol. The zero-order chi connectivity index (χ0) is 23.8. The van der Waals surface area contributed by atoms with Crippen molar-refractivity contribution >= 4 is 22.6 Å². The van der Waals surface area contributed by atoms with Gasteiger partial charge in [-0.1, -0.05) is 13.3 Å². The Morgan fingerprint density at radius 1 is 1.18 bits per heavy atom. The van der Waals surface area contributed by atoms with Crippen molar-refractivity contribution in [1.29, 1.82) is 0 Å². The lowest BCUT2D eigenvalue weighted by Crippen LogP contribution is -2.49. The molecule has 0 radical (unpaired) electrons. The van der Waals surface area contributed by atoms with Crippen LogP contribution in [0.15, 0.2) is 24.5 Å². The Bertz CT molecular complexity index is 996. The summed E-state index contributed by atoms with van der Waals surface area (Å²) in [7, 11) is 4.23. The van der Waals surface area contributed by atoms with Crippen LogP contribution in [0, 0.1) is 5.92 Å². The Kier molecular flexibility index (Phi) is 6.79. The van der Waals surface area contributed by atoms with Crippen LogP contribution in [0.25, 0.3) is 10.9 Å². The second kappa shape index (κ2) is 9.44. The van der Waals surface area contributed by atoms with Crippen LogP contribution in [-0.4, -0.2) is 64.4 Å². The third-order valence-corrected chi connectivity index (χ3v) is 7.22. The van der Waals surface area contributed by atoms with Crippen molar-refractivity contribution in [2.24, 2.45) is 5.92 Å².